The number of aromatic amines is 1. The Hall–Kier alpha value is -1.85. The van der Waals surface area contributed by atoms with Crippen molar-refractivity contribution in [3.8, 4) is 11.4 Å². The molecule has 0 saturated carbocycles. The first-order valence-corrected chi connectivity index (χ1v) is 4.24. The van der Waals surface area contributed by atoms with Gasteiger partial charge < -0.3 is 10.3 Å². The number of aromatic nitrogens is 4. The second kappa shape index (κ2) is 3.13. The number of hydrogen-bond donors (Lipinski definition) is 2. The summed E-state index contributed by atoms with van der Waals surface area (Å²) < 4.78 is 15.1. The zero-order valence-electron chi connectivity index (χ0n) is 7.66. The number of anilines is 1. The molecule has 0 radical (unpaired) electrons. The Morgan fingerprint density at radius 3 is 2.93 bits per heavy atom. The van der Waals surface area contributed by atoms with E-state index in [2.05, 4.69) is 15.2 Å². The normalized spacial score (nSPS) is 10.7. The van der Waals surface area contributed by atoms with E-state index in [4.69, 9.17) is 5.73 Å². The molecule has 0 saturated heterocycles. The number of nitrogens with zero attached hydrogens (tertiary/aromatic N) is 3. The summed E-state index contributed by atoms with van der Waals surface area (Å²) in [5.74, 6) is -0.683. The molecule has 0 bridgehead atoms. The third kappa shape index (κ3) is 1.24. The number of nitrogen functional groups attached to an aromatic ring is 1. The summed E-state index contributed by atoms with van der Waals surface area (Å²) in [5.41, 5.74) is 6.00. The van der Waals surface area contributed by atoms with Crippen LogP contribution in [-0.4, -0.2) is 19.7 Å². The van der Waals surface area contributed by atoms with Gasteiger partial charge in [0.1, 0.15) is 11.4 Å². The molecule has 2 aromatic heterocycles. The molecular formula is C8H10FN5. The maximum Gasteiger partial charge on any atom is 0.194 e. The molecule has 2 rings (SSSR count). The van der Waals surface area contributed by atoms with Gasteiger partial charge in [-0.3, -0.25) is 5.10 Å². The predicted molar refractivity (Wildman–Crippen MR) is 49.9 cm³/mol. The number of rotatable bonds is 2. The van der Waals surface area contributed by atoms with Gasteiger partial charge in [0, 0.05) is 12.7 Å². The standard InChI is InChI=1S/C8H10FN5/c1-2-14-3-5(11-4-14)7-6(9)8(10)13-12-7/h3-4H,2H2,1H3,(H3,10,12,13). The number of nitrogens with two attached hydrogens (primary N) is 1. The lowest BCUT2D eigenvalue weighted by Gasteiger charge is -1.91. The summed E-state index contributed by atoms with van der Waals surface area (Å²) in [6.07, 6.45) is 3.36. The topological polar surface area (TPSA) is 72.5 Å². The highest BCUT2D eigenvalue weighted by atomic mass is 19.1. The van der Waals surface area contributed by atoms with Crippen LogP contribution in [0, 0.1) is 5.82 Å². The van der Waals surface area contributed by atoms with Crippen LogP contribution in [0.1, 0.15) is 6.92 Å². The van der Waals surface area contributed by atoms with Crippen LogP contribution in [0.25, 0.3) is 11.4 Å². The lowest BCUT2D eigenvalue weighted by atomic mass is 10.3. The first-order valence-electron chi connectivity index (χ1n) is 4.24. The summed E-state index contributed by atoms with van der Waals surface area (Å²) in [5, 5.41) is 6.06. The van der Waals surface area contributed by atoms with Gasteiger partial charge in [-0.15, -0.1) is 0 Å². The van der Waals surface area contributed by atoms with Crippen molar-refractivity contribution in [3.05, 3.63) is 18.3 Å². The molecule has 0 unspecified atom stereocenters. The van der Waals surface area contributed by atoms with E-state index < -0.39 is 5.82 Å². The molecule has 6 heteroatoms. The Balaban J connectivity index is 2.44. The third-order valence-electron chi connectivity index (χ3n) is 1.99. The maximum atomic E-state index is 13.3. The number of aryl methyl sites for hydroxylation is 1. The van der Waals surface area contributed by atoms with Crippen molar-refractivity contribution < 1.29 is 4.39 Å². The van der Waals surface area contributed by atoms with Crippen LogP contribution in [0.2, 0.25) is 0 Å². The number of halogens is 1. The average molecular weight is 195 g/mol. The van der Waals surface area contributed by atoms with Gasteiger partial charge in [0.05, 0.1) is 6.33 Å². The van der Waals surface area contributed by atoms with E-state index >= 15 is 0 Å². The average Bonchev–Trinajstić information content (AvgIpc) is 2.75. The molecule has 5 nitrogen and oxygen atoms in total. The minimum Gasteiger partial charge on any atom is -0.380 e. The van der Waals surface area contributed by atoms with Crippen LogP contribution in [-0.2, 0) is 6.54 Å². The smallest absolute Gasteiger partial charge is 0.194 e. The van der Waals surface area contributed by atoms with Gasteiger partial charge in [-0.25, -0.2) is 9.37 Å². The fraction of sp³-hybridized carbons (Fsp3) is 0.250. The fourth-order valence-corrected chi connectivity index (χ4v) is 1.17. The number of hydrogen-bond acceptors (Lipinski definition) is 3. The number of imidazole rings is 1. The highest BCUT2D eigenvalue weighted by molar-refractivity contribution is 5.58. The van der Waals surface area contributed by atoms with E-state index in [-0.39, 0.29) is 11.5 Å². The zero-order chi connectivity index (χ0) is 10.1. The quantitative estimate of drug-likeness (QED) is 0.751. The molecule has 0 aromatic carbocycles. The molecular weight excluding hydrogens is 185 g/mol. The van der Waals surface area contributed by atoms with Crippen molar-refractivity contribution in [2.75, 3.05) is 5.73 Å². The van der Waals surface area contributed by atoms with Crippen LogP contribution in [0.3, 0.4) is 0 Å². The minimum absolute atomic E-state index is 0.133. The first-order chi connectivity index (χ1) is 6.72. The van der Waals surface area contributed by atoms with Crippen LogP contribution in [0.4, 0.5) is 10.2 Å². The molecule has 2 heterocycles. The molecule has 74 valence electrons. The lowest BCUT2D eigenvalue weighted by molar-refractivity contribution is 0.636. The van der Waals surface area contributed by atoms with Gasteiger partial charge in [0.25, 0.3) is 0 Å². The van der Waals surface area contributed by atoms with E-state index in [9.17, 15) is 4.39 Å². The highest BCUT2D eigenvalue weighted by Gasteiger charge is 2.13. The van der Waals surface area contributed by atoms with Crippen LogP contribution < -0.4 is 5.73 Å². The summed E-state index contributed by atoms with van der Waals surface area (Å²) in [6.45, 7) is 2.77. The van der Waals surface area contributed by atoms with E-state index in [1.807, 2.05) is 11.5 Å². The Bertz CT molecular complexity index is 444. The SMILES string of the molecule is CCn1cnc(-c2[nH]nc(N)c2F)c1. The molecule has 0 aliphatic rings. The second-order valence-electron chi connectivity index (χ2n) is 2.89. The number of nitrogens with one attached hydrogen (secondary N) is 1. The van der Waals surface area contributed by atoms with Crippen LogP contribution in [0.15, 0.2) is 12.5 Å². The van der Waals surface area contributed by atoms with E-state index in [1.54, 1.807) is 12.5 Å². The van der Waals surface area contributed by atoms with Gasteiger partial charge in [0.2, 0.25) is 0 Å². The summed E-state index contributed by atoms with van der Waals surface area (Å²) in [6, 6.07) is 0. The Labute approximate surface area is 79.8 Å². The fourth-order valence-electron chi connectivity index (χ4n) is 1.17. The molecule has 3 N–H and O–H groups in total. The van der Waals surface area contributed by atoms with Crippen LogP contribution >= 0.6 is 0 Å². The summed E-state index contributed by atoms with van der Waals surface area (Å²) >= 11 is 0. The lowest BCUT2D eigenvalue weighted by Crippen LogP contribution is -1.88. The van der Waals surface area contributed by atoms with Gasteiger partial charge in [-0.05, 0) is 6.92 Å². The monoisotopic (exact) mass is 195 g/mol. The Morgan fingerprint density at radius 2 is 2.43 bits per heavy atom. The van der Waals surface area contributed by atoms with Crippen molar-refractivity contribution in [3.63, 3.8) is 0 Å². The molecule has 0 atom stereocenters. The van der Waals surface area contributed by atoms with Crippen LogP contribution in [0.5, 0.6) is 0 Å². The van der Waals surface area contributed by atoms with Gasteiger partial charge >= 0.3 is 0 Å². The molecule has 14 heavy (non-hydrogen) atoms. The second-order valence-corrected chi connectivity index (χ2v) is 2.89. The Kier molecular flexibility index (Phi) is 1.95. The summed E-state index contributed by atoms with van der Waals surface area (Å²) in [7, 11) is 0. The van der Waals surface area contributed by atoms with Crippen molar-refractivity contribution in [1.29, 1.82) is 0 Å². The molecule has 2 aromatic rings. The van der Waals surface area contributed by atoms with Gasteiger partial charge in [-0.2, -0.15) is 5.10 Å². The third-order valence-corrected chi connectivity index (χ3v) is 1.99. The van der Waals surface area contributed by atoms with Crippen molar-refractivity contribution in [2.45, 2.75) is 13.5 Å². The van der Waals surface area contributed by atoms with Gasteiger partial charge in [0.15, 0.2) is 11.6 Å². The van der Waals surface area contributed by atoms with E-state index in [0.29, 0.717) is 5.69 Å². The zero-order valence-corrected chi connectivity index (χ0v) is 7.66. The van der Waals surface area contributed by atoms with Crippen molar-refractivity contribution in [2.24, 2.45) is 0 Å². The van der Waals surface area contributed by atoms with E-state index in [0.717, 1.165) is 6.54 Å². The predicted octanol–water partition coefficient (Wildman–Crippen LogP) is 1.01. The van der Waals surface area contributed by atoms with Gasteiger partial charge in [-0.1, -0.05) is 0 Å². The Morgan fingerprint density at radius 1 is 1.64 bits per heavy atom. The molecule has 0 amide bonds. The largest absolute Gasteiger partial charge is 0.380 e. The molecule has 0 aliphatic carbocycles. The first kappa shape index (κ1) is 8.74. The molecule has 0 aliphatic heterocycles. The molecule has 0 spiro atoms. The maximum absolute atomic E-state index is 13.3. The van der Waals surface area contributed by atoms with Crippen molar-refractivity contribution >= 4 is 5.82 Å². The highest BCUT2D eigenvalue weighted by Crippen LogP contribution is 2.21. The molecule has 0 fully saturated rings. The van der Waals surface area contributed by atoms with E-state index in [1.165, 1.54) is 0 Å². The minimum atomic E-state index is -0.550. The summed E-state index contributed by atoms with van der Waals surface area (Å²) in [4.78, 5) is 4.03. The van der Waals surface area contributed by atoms with Crippen molar-refractivity contribution in [1.82, 2.24) is 19.7 Å². The number of H-pyrrole nitrogens is 1.